The predicted octanol–water partition coefficient (Wildman–Crippen LogP) is 2.68. The average Bonchev–Trinajstić information content (AvgIpc) is 2.15. The van der Waals surface area contributed by atoms with Gasteiger partial charge in [-0.2, -0.15) is 0 Å². The molecule has 2 nitrogen and oxygen atoms in total. The van der Waals surface area contributed by atoms with Gasteiger partial charge in [-0.25, -0.2) is 0 Å². The van der Waals surface area contributed by atoms with Crippen molar-refractivity contribution in [2.24, 2.45) is 0 Å². The Morgan fingerprint density at radius 2 is 1.86 bits per heavy atom. The average molecular weight is 254 g/mol. The fraction of sp³-hybridized carbons (Fsp3) is 0.364. The molecule has 14 heavy (non-hydrogen) atoms. The van der Waals surface area contributed by atoms with E-state index in [1.165, 1.54) is 10.8 Å². The van der Waals surface area contributed by atoms with Crippen LogP contribution in [0.4, 0.5) is 0 Å². The summed E-state index contributed by atoms with van der Waals surface area (Å²) in [5.41, 5.74) is 6.28. The summed E-state index contributed by atoms with van der Waals surface area (Å²) in [4.78, 5) is 10.6. The van der Waals surface area contributed by atoms with Crippen LogP contribution in [0.25, 0.3) is 0 Å². The van der Waals surface area contributed by atoms with Crippen LogP contribution in [-0.4, -0.2) is 25.7 Å². The molecule has 0 heterocycles. The quantitative estimate of drug-likeness (QED) is 0.839. The molecule has 0 aliphatic heterocycles. The van der Waals surface area contributed by atoms with Gasteiger partial charge in [-0.1, -0.05) is 0 Å². The molecule has 0 unspecified atom stereocenters. The fourth-order valence-electron chi connectivity index (χ4n) is 1.17. The van der Waals surface area contributed by atoms with E-state index >= 15 is 0 Å². The number of carboxylic acid groups (broad SMARTS) is 1. The molecule has 0 aliphatic carbocycles. The van der Waals surface area contributed by atoms with Crippen molar-refractivity contribution in [2.75, 3.05) is 0 Å². The second-order valence-corrected chi connectivity index (χ2v) is 9.02. The van der Waals surface area contributed by atoms with E-state index in [2.05, 4.69) is 11.4 Å². The number of rotatable bonds is 4. The molecule has 1 aromatic rings. The third kappa shape index (κ3) is 3.55. The number of hydrogen-bond donors (Lipinski definition) is 1. The van der Waals surface area contributed by atoms with Gasteiger partial charge in [-0.15, -0.1) is 0 Å². The summed E-state index contributed by atoms with van der Waals surface area (Å²) in [7, 11) is 0. The van der Waals surface area contributed by atoms with E-state index in [1.807, 2.05) is 12.1 Å². The molecule has 1 rings (SSSR count). The first-order valence-corrected chi connectivity index (χ1v) is 9.64. The van der Waals surface area contributed by atoms with E-state index in [-0.39, 0.29) is 0 Å². The van der Waals surface area contributed by atoms with Gasteiger partial charge in [0.05, 0.1) is 0 Å². The maximum atomic E-state index is 10.6. The van der Waals surface area contributed by atoms with Crippen molar-refractivity contribution in [1.29, 1.82) is 0 Å². The zero-order valence-corrected chi connectivity index (χ0v) is 10.4. The SMILES string of the molecule is C[As](C)CCc1ccc(C(=O)O)cc1. The Morgan fingerprint density at radius 3 is 2.29 bits per heavy atom. The second-order valence-electron chi connectivity index (χ2n) is 3.56. The number of hydrogen-bond acceptors (Lipinski definition) is 1. The standard InChI is InChI=1S/C11H15AsO2/c1-12(2)8-7-9-3-5-10(6-4-9)11(13)14/h3-6H,7-8H2,1-2H3,(H,13,14). The van der Waals surface area contributed by atoms with Crippen molar-refractivity contribution in [1.82, 2.24) is 0 Å². The van der Waals surface area contributed by atoms with E-state index in [1.54, 1.807) is 12.1 Å². The third-order valence-corrected chi connectivity index (χ3v) is 4.39. The minimum absolute atomic E-state index is 0.371. The van der Waals surface area contributed by atoms with Crippen molar-refractivity contribution in [3.63, 3.8) is 0 Å². The molecule has 0 radical (unpaired) electrons. The van der Waals surface area contributed by atoms with Crippen LogP contribution < -0.4 is 0 Å². The van der Waals surface area contributed by atoms with Gasteiger partial charge in [-0.3, -0.25) is 0 Å². The van der Waals surface area contributed by atoms with E-state index < -0.39 is 20.6 Å². The Kier molecular flexibility index (Phi) is 4.21. The van der Waals surface area contributed by atoms with Crippen LogP contribution in [0.1, 0.15) is 15.9 Å². The topological polar surface area (TPSA) is 37.3 Å². The van der Waals surface area contributed by atoms with Gasteiger partial charge < -0.3 is 0 Å². The Labute approximate surface area is 89.2 Å². The van der Waals surface area contributed by atoms with Gasteiger partial charge in [-0.05, 0) is 0 Å². The molecule has 0 amide bonds. The number of benzene rings is 1. The Morgan fingerprint density at radius 1 is 1.29 bits per heavy atom. The predicted molar refractivity (Wildman–Crippen MR) is 59.4 cm³/mol. The molecule has 0 spiro atoms. The molecule has 1 aromatic carbocycles. The number of carbonyl (C=O) groups is 1. The first-order valence-electron chi connectivity index (χ1n) is 4.56. The van der Waals surface area contributed by atoms with Gasteiger partial charge >= 0.3 is 89.0 Å². The molecule has 0 aliphatic rings. The Balaban J connectivity index is 2.60. The fourth-order valence-corrected chi connectivity index (χ4v) is 2.65. The van der Waals surface area contributed by atoms with E-state index in [0.29, 0.717) is 5.56 Å². The molecule has 0 bridgehead atoms. The van der Waals surface area contributed by atoms with Gasteiger partial charge in [0.2, 0.25) is 0 Å². The maximum absolute atomic E-state index is 10.6. The first-order chi connectivity index (χ1) is 6.59. The Hall–Kier alpha value is -0.752. The summed E-state index contributed by atoms with van der Waals surface area (Å²) in [6.45, 7) is 0. The molecule has 0 atom stereocenters. The number of carboxylic acids is 1. The Bertz CT molecular complexity index is 304. The van der Waals surface area contributed by atoms with Gasteiger partial charge in [0.1, 0.15) is 0 Å². The van der Waals surface area contributed by atoms with E-state index in [0.717, 1.165) is 6.42 Å². The summed E-state index contributed by atoms with van der Waals surface area (Å²) >= 11 is -0.548. The van der Waals surface area contributed by atoms with E-state index in [9.17, 15) is 4.79 Å². The normalized spacial score (nSPS) is 10.5. The molecule has 1 N–H and O–H groups in total. The van der Waals surface area contributed by atoms with Crippen LogP contribution >= 0.6 is 0 Å². The summed E-state index contributed by atoms with van der Waals surface area (Å²) in [5, 5.41) is 9.99. The van der Waals surface area contributed by atoms with Crippen LogP contribution in [0.2, 0.25) is 16.6 Å². The van der Waals surface area contributed by atoms with Crippen molar-refractivity contribution < 1.29 is 9.90 Å². The van der Waals surface area contributed by atoms with Crippen LogP contribution in [-0.2, 0) is 6.42 Å². The van der Waals surface area contributed by atoms with Crippen LogP contribution in [0.3, 0.4) is 0 Å². The monoisotopic (exact) mass is 254 g/mol. The molecular formula is C11H15AsO2. The number of aryl methyl sites for hydroxylation is 1. The zero-order valence-electron chi connectivity index (χ0n) is 8.53. The third-order valence-electron chi connectivity index (χ3n) is 2.05. The van der Waals surface area contributed by atoms with Crippen molar-refractivity contribution >= 4 is 20.6 Å². The van der Waals surface area contributed by atoms with Crippen molar-refractivity contribution in [2.45, 2.75) is 23.1 Å². The molecule has 3 heteroatoms. The van der Waals surface area contributed by atoms with Crippen LogP contribution in [0.15, 0.2) is 24.3 Å². The molecule has 0 fully saturated rings. The molecule has 76 valence electrons. The van der Waals surface area contributed by atoms with Crippen molar-refractivity contribution in [3.05, 3.63) is 35.4 Å². The van der Waals surface area contributed by atoms with Gasteiger partial charge in [0.15, 0.2) is 0 Å². The summed E-state index contributed by atoms with van der Waals surface area (Å²) in [6.07, 6.45) is 1.09. The molecular weight excluding hydrogens is 239 g/mol. The van der Waals surface area contributed by atoms with E-state index in [4.69, 9.17) is 5.11 Å². The van der Waals surface area contributed by atoms with Crippen LogP contribution in [0.5, 0.6) is 0 Å². The molecule has 0 saturated heterocycles. The van der Waals surface area contributed by atoms with Crippen LogP contribution in [0, 0.1) is 0 Å². The molecule has 0 aromatic heterocycles. The zero-order chi connectivity index (χ0) is 10.6. The van der Waals surface area contributed by atoms with Gasteiger partial charge in [0.25, 0.3) is 0 Å². The first kappa shape index (κ1) is 11.3. The summed E-state index contributed by atoms with van der Waals surface area (Å²) < 4.78 is 0. The minimum atomic E-state index is -0.852. The molecule has 0 saturated carbocycles. The van der Waals surface area contributed by atoms with Gasteiger partial charge in [0, 0.05) is 0 Å². The summed E-state index contributed by atoms with van der Waals surface area (Å²) in [6, 6.07) is 7.20. The van der Waals surface area contributed by atoms with Crippen molar-refractivity contribution in [3.8, 4) is 0 Å². The summed E-state index contributed by atoms with van der Waals surface area (Å²) in [5.74, 6) is -0.852. The number of aromatic carboxylic acids is 1. The second kappa shape index (κ2) is 5.21.